The predicted molar refractivity (Wildman–Crippen MR) is 81.1 cm³/mol. The quantitative estimate of drug-likeness (QED) is 0.906. The van der Waals surface area contributed by atoms with Gasteiger partial charge in [0.25, 0.3) is 0 Å². The van der Waals surface area contributed by atoms with Crippen LogP contribution >= 0.6 is 0 Å². The van der Waals surface area contributed by atoms with Gasteiger partial charge in [-0.3, -0.25) is 4.79 Å². The lowest BCUT2D eigenvalue weighted by atomic mass is 10.0. The smallest absolute Gasteiger partial charge is 0.326 e. The minimum atomic E-state index is -0.895. The van der Waals surface area contributed by atoms with E-state index in [0.29, 0.717) is 18.9 Å². The Morgan fingerprint density at radius 3 is 2.43 bits per heavy atom. The molecule has 1 aliphatic rings. The highest BCUT2D eigenvalue weighted by molar-refractivity contribution is 5.85. The van der Waals surface area contributed by atoms with Crippen molar-refractivity contribution in [2.75, 3.05) is 6.54 Å². The Labute approximate surface area is 125 Å². The minimum Gasteiger partial charge on any atom is -0.480 e. The van der Waals surface area contributed by atoms with Crippen molar-refractivity contribution in [3.05, 3.63) is 35.4 Å². The van der Waals surface area contributed by atoms with Gasteiger partial charge in [-0.2, -0.15) is 0 Å². The Balaban J connectivity index is 1.97. The number of nitrogens with zero attached hydrogens (tertiary/aromatic N) is 1. The lowest BCUT2D eigenvalue weighted by Gasteiger charge is -2.21. The van der Waals surface area contributed by atoms with E-state index in [1.165, 1.54) is 10.5 Å². The molecule has 114 valence electrons. The number of aliphatic carboxylic acids is 1. The van der Waals surface area contributed by atoms with Crippen LogP contribution in [0.15, 0.2) is 24.3 Å². The number of carbonyl (C=O) groups excluding carboxylic acids is 1. The number of carboxylic acid groups (broad SMARTS) is 1. The third kappa shape index (κ3) is 4.06. The molecule has 4 heteroatoms. The van der Waals surface area contributed by atoms with Crippen molar-refractivity contribution < 1.29 is 14.7 Å². The number of amides is 1. The van der Waals surface area contributed by atoms with Crippen LogP contribution in [-0.2, 0) is 22.4 Å². The zero-order valence-corrected chi connectivity index (χ0v) is 12.7. The van der Waals surface area contributed by atoms with Crippen LogP contribution in [0.1, 0.15) is 37.8 Å². The van der Waals surface area contributed by atoms with E-state index < -0.39 is 12.0 Å². The fourth-order valence-electron chi connectivity index (χ4n) is 2.86. The molecule has 0 aromatic heterocycles. The van der Waals surface area contributed by atoms with Gasteiger partial charge in [0, 0.05) is 6.54 Å². The number of hydrogen-bond donors (Lipinski definition) is 1. The van der Waals surface area contributed by atoms with Crippen molar-refractivity contribution in [3.63, 3.8) is 0 Å². The van der Waals surface area contributed by atoms with Gasteiger partial charge in [-0.15, -0.1) is 0 Å². The third-order valence-electron chi connectivity index (χ3n) is 3.88. The summed E-state index contributed by atoms with van der Waals surface area (Å²) in [5, 5.41) is 9.13. The van der Waals surface area contributed by atoms with Gasteiger partial charge in [-0.05, 0) is 36.3 Å². The summed E-state index contributed by atoms with van der Waals surface area (Å²) in [5.41, 5.74) is 2.22. The van der Waals surface area contributed by atoms with Crippen molar-refractivity contribution >= 4 is 11.9 Å². The maximum atomic E-state index is 12.3. The number of benzene rings is 1. The van der Waals surface area contributed by atoms with Crippen LogP contribution in [0.3, 0.4) is 0 Å². The Morgan fingerprint density at radius 2 is 1.86 bits per heavy atom. The van der Waals surface area contributed by atoms with Crippen molar-refractivity contribution in [3.8, 4) is 0 Å². The molecule has 1 heterocycles. The van der Waals surface area contributed by atoms with Crippen LogP contribution in [0.25, 0.3) is 0 Å². The molecule has 1 saturated heterocycles. The van der Waals surface area contributed by atoms with Crippen LogP contribution in [0.4, 0.5) is 0 Å². The fraction of sp³-hybridized carbons (Fsp3) is 0.529. The second-order valence-corrected chi connectivity index (χ2v) is 6.17. The third-order valence-corrected chi connectivity index (χ3v) is 3.88. The number of carbonyl (C=O) groups is 2. The van der Waals surface area contributed by atoms with Crippen LogP contribution in [-0.4, -0.2) is 34.5 Å². The molecule has 0 bridgehead atoms. The molecule has 1 unspecified atom stereocenters. The second kappa shape index (κ2) is 6.74. The summed E-state index contributed by atoms with van der Waals surface area (Å²) in [5.74, 6) is -0.372. The maximum Gasteiger partial charge on any atom is 0.326 e. The number of rotatable bonds is 5. The Hall–Kier alpha value is -1.84. The summed E-state index contributed by atoms with van der Waals surface area (Å²) >= 11 is 0. The van der Waals surface area contributed by atoms with Gasteiger partial charge in [0.15, 0.2) is 0 Å². The van der Waals surface area contributed by atoms with Crippen molar-refractivity contribution in [2.24, 2.45) is 5.92 Å². The van der Waals surface area contributed by atoms with Crippen LogP contribution in [0.2, 0.25) is 0 Å². The van der Waals surface area contributed by atoms with E-state index >= 15 is 0 Å². The molecular formula is C17H23NO3. The summed E-state index contributed by atoms with van der Waals surface area (Å²) in [6.45, 7) is 4.91. The summed E-state index contributed by atoms with van der Waals surface area (Å²) in [7, 11) is 0. The summed E-state index contributed by atoms with van der Waals surface area (Å²) in [6.07, 6.45) is 2.65. The molecule has 21 heavy (non-hydrogen) atoms. The fourth-order valence-corrected chi connectivity index (χ4v) is 2.86. The molecular weight excluding hydrogens is 266 g/mol. The minimum absolute atomic E-state index is 0.0866. The highest BCUT2D eigenvalue weighted by atomic mass is 16.4. The average molecular weight is 289 g/mol. The van der Waals surface area contributed by atoms with Crippen LogP contribution in [0.5, 0.6) is 0 Å². The van der Waals surface area contributed by atoms with Crippen molar-refractivity contribution in [2.45, 2.75) is 45.6 Å². The van der Waals surface area contributed by atoms with Gasteiger partial charge in [-0.25, -0.2) is 4.79 Å². The largest absolute Gasteiger partial charge is 0.480 e. The molecule has 0 radical (unpaired) electrons. The normalized spacial score (nSPS) is 18.2. The SMILES string of the molecule is CC(C)Cc1ccc(CC(=O)N2CCCC2C(=O)O)cc1. The molecule has 1 amide bonds. The molecule has 4 nitrogen and oxygen atoms in total. The first-order valence-corrected chi connectivity index (χ1v) is 7.57. The molecule has 1 aromatic rings. The lowest BCUT2D eigenvalue weighted by molar-refractivity contribution is -0.148. The zero-order valence-electron chi connectivity index (χ0n) is 12.7. The van der Waals surface area contributed by atoms with Gasteiger partial charge in [0.05, 0.1) is 6.42 Å². The first kappa shape index (κ1) is 15.5. The highest BCUT2D eigenvalue weighted by Crippen LogP contribution is 2.19. The molecule has 0 saturated carbocycles. The van der Waals surface area contributed by atoms with E-state index in [9.17, 15) is 9.59 Å². The Bertz CT molecular complexity index is 507. The molecule has 1 aliphatic heterocycles. The second-order valence-electron chi connectivity index (χ2n) is 6.17. The number of hydrogen-bond acceptors (Lipinski definition) is 2. The van der Waals surface area contributed by atoms with Gasteiger partial charge in [0.2, 0.25) is 5.91 Å². The lowest BCUT2D eigenvalue weighted by Crippen LogP contribution is -2.41. The summed E-state index contributed by atoms with van der Waals surface area (Å²) < 4.78 is 0. The molecule has 0 spiro atoms. The van der Waals surface area contributed by atoms with Crippen molar-refractivity contribution in [1.29, 1.82) is 0 Å². The first-order chi connectivity index (χ1) is 9.97. The number of likely N-dealkylation sites (tertiary alicyclic amines) is 1. The van der Waals surface area contributed by atoms with Gasteiger partial charge in [-0.1, -0.05) is 38.1 Å². The van der Waals surface area contributed by atoms with Gasteiger partial charge in [0.1, 0.15) is 6.04 Å². The topological polar surface area (TPSA) is 57.6 Å². The average Bonchev–Trinajstić information content (AvgIpc) is 2.90. The molecule has 1 atom stereocenters. The molecule has 1 fully saturated rings. The summed E-state index contributed by atoms with van der Waals surface area (Å²) in [6, 6.07) is 7.42. The van der Waals surface area contributed by atoms with E-state index in [0.717, 1.165) is 18.4 Å². The Morgan fingerprint density at radius 1 is 1.24 bits per heavy atom. The monoisotopic (exact) mass is 289 g/mol. The van der Waals surface area contributed by atoms with E-state index in [1.807, 2.05) is 12.1 Å². The van der Waals surface area contributed by atoms with E-state index in [-0.39, 0.29) is 12.3 Å². The molecule has 2 rings (SSSR count). The first-order valence-electron chi connectivity index (χ1n) is 7.57. The molecule has 1 aromatic carbocycles. The van der Waals surface area contributed by atoms with E-state index in [2.05, 4.69) is 26.0 Å². The van der Waals surface area contributed by atoms with E-state index in [4.69, 9.17) is 5.11 Å². The highest BCUT2D eigenvalue weighted by Gasteiger charge is 2.33. The standard InChI is InChI=1S/C17H23NO3/c1-12(2)10-13-5-7-14(8-6-13)11-16(19)18-9-3-4-15(18)17(20)21/h5-8,12,15H,3-4,9-11H2,1-2H3,(H,20,21). The maximum absolute atomic E-state index is 12.3. The molecule has 0 aliphatic carbocycles. The number of carboxylic acids is 1. The zero-order chi connectivity index (χ0) is 15.4. The van der Waals surface area contributed by atoms with Crippen molar-refractivity contribution in [1.82, 2.24) is 4.90 Å². The van der Waals surface area contributed by atoms with Crippen LogP contribution in [0, 0.1) is 5.92 Å². The molecule has 1 N–H and O–H groups in total. The van der Waals surface area contributed by atoms with E-state index in [1.54, 1.807) is 0 Å². The van der Waals surface area contributed by atoms with Gasteiger partial charge < -0.3 is 10.0 Å². The predicted octanol–water partition coefficient (Wildman–Crippen LogP) is 2.50. The Kier molecular flexibility index (Phi) is 4.99. The summed E-state index contributed by atoms with van der Waals surface area (Å²) in [4.78, 5) is 24.9. The van der Waals surface area contributed by atoms with Crippen LogP contribution < -0.4 is 0 Å². The van der Waals surface area contributed by atoms with Gasteiger partial charge >= 0.3 is 5.97 Å².